The molecule has 0 spiro atoms. The van der Waals surface area contributed by atoms with E-state index < -0.39 is 0 Å². The zero-order valence-electron chi connectivity index (χ0n) is 11.3. The lowest BCUT2D eigenvalue weighted by atomic mass is 10.2. The van der Waals surface area contributed by atoms with Crippen molar-refractivity contribution < 1.29 is 9.53 Å². The number of thiophene rings is 1. The van der Waals surface area contributed by atoms with Crippen LogP contribution in [-0.4, -0.2) is 39.8 Å². The molecule has 0 saturated heterocycles. The van der Waals surface area contributed by atoms with Gasteiger partial charge < -0.3 is 20.7 Å². The molecule has 0 aliphatic rings. The first-order chi connectivity index (χ1) is 9.10. The molecule has 3 N–H and O–H groups in total. The van der Waals surface area contributed by atoms with E-state index in [1.165, 1.54) is 18.4 Å². The van der Waals surface area contributed by atoms with Gasteiger partial charge in [-0.15, -0.1) is 11.3 Å². The smallest absolute Gasteiger partial charge is 0.263 e. The van der Waals surface area contributed by atoms with Gasteiger partial charge in [-0.3, -0.25) is 4.79 Å². The quantitative estimate of drug-likeness (QED) is 0.813. The number of rotatable bonds is 6. The summed E-state index contributed by atoms with van der Waals surface area (Å²) in [5, 5.41) is 12.5. The number of nitrogen functional groups attached to an aromatic ring is 1. The Morgan fingerprint density at radius 1 is 1.63 bits per heavy atom. The number of nitriles is 1. The first-order valence-corrected chi connectivity index (χ1v) is 6.70. The van der Waals surface area contributed by atoms with Crippen LogP contribution in [0.3, 0.4) is 0 Å². The molecule has 0 fully saturated rings. The van der Waals surface area contributed by atoms with Crippen molar-refractivity contribution in [2.45, 2.75) is 6.92 Å². The maximum atomic E-state index is 11.7. The summed E-state index contributed by atoms with van der Waals surface area (Å²) in [7, 11) is 3.16. The molecule has 104 valence electrons. The highest BCUT2D eigenvalue weighted by Gasteiger charge is 2.23. The van der Waals surface area contributed by atoms with Gasteiger partial charge in [-0.25, -0.2) is 0 Å². The van der Waals surface area contributed by atoms with Gasteiger partial charge in [0.15, 0.2) is 0 Å². The average Bonchev–Trinajstić information content (AvgIpc) is 2.76. The Morgan fingerprint density at radius 2 is 2.32 bits per heavy atom. The topological polar surface area (TPSA) is 91.4 Å². The SMILES string of the molecule is CCN(CCOC)c1sc(C(=O)NC)c(N)c1C#N. The molecule has 0 radical (unpaired) electrons. The standard InChI is InChI=1S/C12H18N4O2S/c1-4-16(5-6-18-3)12-8(7-13)9(14)10(19-12)11(17)15-2/h4-6,14H2,1-3H3,(H,15,17). The lowest BCUT2D eigenvalue weighted by molar-refractivity contribution is 0.0968. The number of methoxy groups -OCH3 is 1. The summed E-state index contributed by atoms with van der Waals surface area (Å²) in [4.78, 5) is 14.1. The molecule has 1 aromatic rings. The molecule has 0 bridgehead atoms. The van der Waals surface area contributed by atoms with Crippen LogP contribution in [0.2, 0.25) is 0 Å². The van der Waals surface area contributed by atoms with Gasteiger partial charge in [0.05, 0.1) is 12.3 Å². The minimum Gasteiger partial charge on any atom is -0.396 e. The van der Waals surface area contributed by atoms with Crippen molar-refractivity contribution in [3.63, 3.8) is 0 Å². The number of carbonyl (C=O) groups excluding carboxylic acids is 1. The van der Waals surface area contributed by atoms with Gasteiger partial charge in [0, 0.05) is 27.2 Å². The number of nitrogens with one attached hydrogen (secondary N) is 1. The fraction of sp³-hybridized carbons (Fsp3) is 0.500. The van der Waals surface area contributed by atoms with E-state index in [0.29, 0.717) is 30.1 Å². The number of carbonyl (C=O) groups is 1. The number of hydrogen-bond acceptors (Lipinski definition) is 6. The molecule has 0 aliphatic heterocycles. The van der Waals surface area contributed by atoms with Crippen molar-refractivity contribution >= 4 is 27.9 Å². The van der Waals surface area contributed by atoms with Crippen LogP contribution in [0.25, 0.3) is 0 Å². The second-order valence-corrected chi connectivity index (χ2v) is 4.79. The lowest BCUT2D eigenvalue weighted by Gasteiger charge is -2.20. The first-order valence-electron chi connectivity index (χ1n) is 5.88. The van der Waals surface area contributed by atoms with E-state index in [9.17, 15) is 10.1 Å². The van der Waals surface area contributed by atoms with Crippen LogP contribution in [0, 0.1) is 11.3 Å². The number of ether oxygens (including phenoxy) is 1. The van der Waals surface area contributed by atoms with E-state index in [1.54, 1.807) is 7.11 Å². The highest BCUT2D eigenvalue weighted by atomic mass is 32.1. The maximum Gasteiger partial charge on any atom is 0.263 e. The Morgan fingerprint density at radius 3 is 2.79 bits per heavy atom. The van der Waals surface area contributed by atoms with Crippen molar-refractivity contribution in [1.29, 1.82) is 5.26 Å². The summed E-state index contributed by atoms with van der Waals surface area (Å²) in [6.45, 7) is 3.89. The highest BCUT2D eigenvalue weighted by molar-refractivity contribution is 7.19. The van der Waals surface area contributed by atoms with Crippen molar-refractivity contribution in [2.24, 2.45) is 0 Å². The molecule has 7 heteroatoms. The second-order valence-electron chi connectivity index (χ2n) is 3.79. The summed E-state index contributed by atoms with van der Waals surface area (Å²) >= 11 is 1.24. The Kier molecular flexibility index (Phi) is 5.60. The van der Waals surface area contributed by atoms with Gasteiger partial charge >= 0.3 is 0 Å². The molecule has 6 nitrogen and oxygen atoms in total. The minimum absolute atomic E-state index is 0.248. The van der Waals surface area contributed by atoms with Crippen LogP contribution in [0.1, 0.15) is 22.2 Å². The third-order valence-electron chi connectivity index (χ3n) is 2.71. The molecule has 1 heterocycles. The van der Waals surface area contributed by atoms with E-state index in [0.717, 1.165) is 5.00 Å². The number of hydrogen-bond donors (Lipinski definition) is 2. The Balaban J connectivity index is 3.19. The first kappa shape index (κ1) is 15.3. The maximum absolute atomic E-state index is 11.7. The minimum atomic E-state index is -0.270. The molecule has 19 heavy (non-hydrogen) atoms. The van der Waals surface area contributed by atoms with Gasteiger partial charge in [0.1, 0.15) is 21.5 Å². The predicted octanol–water partition coefficient (Wildman–Crippen LogP) is 1.03. The molecule has 0 unspecified atom stereocenters. The second kappa shape index (κ2) is 6.97. The van der Waals surface area contributed by atoms with Crippen LogP contribution in [0.15, 0.2) is 0 Å². The fourth-order valence-electron chi connectivity index (χ4n) is 1.65. The van der Waals surface area contributed by atoms with Gasteiger partial charge in [0.25, 0.3) is 5.91 Å². The van der Waals surface area contributed by atoms with Crippen molar-refractivity contribution in [3.05, 3.63) is 10.4 Å². The number of nitrogens with two attached hydrogens (primary N) is 1. The Labute approximate surface area is 116 Å². The molecule has 1 amide bonds. The molecule has 0 atom stereocenters. The molecular weight excluding hydrogens is 264 g/mol. The fourth-order valence-corrected chi connectivity index (χ4v) is 2.86. The Bertz CT molecular complexity index is 493. The average molecular weight is 282 g/mol. The third-order valence-corrected chi connectivity index (χ3v) is 3.97. The van der Waals surface area contributed by atoms with E-state index in [2.05, 4.69) is 11.4 Å². The van der Waals surface area contributed by atoms with E-state index >= 15 is 0 Å². The van der Waals surface area contributed by atoms with Gasteiger partial charge in [0.2, 0.25) is 0 Å². The zero-order valence-corrected chi connectivity index (χ0v) is 12.1. The van der Waals surface area contributed by atoms with Crippen LogP contribution in [0.4, 0.5) is 10.7 Å². The molecule has 0 aromatic carbocycles. The van der Waals surface area contributed by atoms with E-state index in [1.807, 2.05) is 11.8 Å². The molecular formula is C12H18N4O2S. The van der Waals surface area contributed by atoms with Crippen molar-refractivity contribution in [2.75, 3.05) is 44.5 Å². The van der Waals surface area contributed by atoms with Gasteiger partial charge in [-0.2, -0.15) is 5.26 Å². The molecule has 1 rings (SSSR count). The molecule has 0 saturated carbocycles. The highest BCUT2D eigenvalue weighted by Crippen LogP contribution is 2.37. The van der Waals surface area contributed by atoms with Crippen LogP contribution >= 0.6 is 11.3 Å². The van der Waals surface area contributed by atoms with Crippen molar-refractivity contribution in [1.82, 2.24) is 5.32 Å². The Hall–Kier alpha value is -1.78. The number of anilines is 2. The third kappa shape index (κ3) is 3.16. The number of likely N-dealkylation sites (N-methyl/N-ethyl adjacent to an activating group) is 1. The van der Waals surface area contributed by atoms with Crippen LogP contribution in [0.5, 0.6) is 0 Å². The van der Waals surface area contributed by atoms with Crippen LogP contribution in [-0.2, 0) is 4.74 Å². The summed E-state index contributed by atoms with van der Waals surface area (Å²) in [6.07, 6.45) is 0. The van der Waals surface area contributed by atoms with Crippen LogP contribution < -0.4 is 16.0 Å². The van der Waals surface area contributed by atoms with Gasteiger partial charge in [-0.1, -0.05) is 0 Å². The van der Waals surface area contributed by atoms with Crippen molar-refractivity contribution in [3.8, 4) is 6.07 Å². The van der Waals surface area contributed by atoms with E-state index in [-0.39, 0.29) is 11.6 Å². The summed E-state index contributed by atoms with van der Waals surface area (Å²) < 4.78 is 5.04. The number of amides is 1. The monoisotopic (exact) mass is 282 g/mol. The predicted molar refractivity (Wildman–Crippen MR) is 76.6 cm³/mol. The normalized spacial score (nSPS) is 10.0. The summed E-state index contributed by atoms with van der Waals surface area (Å²) in [6, 6.07) is 2.08. The zero-order chi connectivity index (χ0) is 14.4. The lowest BCUT2D eigenvalue weighted by Crippen LogP contribution is -2.26. The largest absolute Gasteiger partial charge is 0.396 e. The molecule has 0 aliphatic carbocycles. The summed E-state index contributed by atoms with van der Waals surface area (Å²) in [5.41, 5.74) is 6.49. The molecule has 1 aromatic heterocycles. The number of nitrogens with zero attached hydrogens (tertiary/aromatic N) is 2. The summed E-state index contributed by atoms with van der Waals surface area (Å²) in [5.74, 6) is -0.270. The van der Waals surface area contributed by atoms with Gasteiger partial charge in [-0.05, 0) is 6.92 Å². The van der Waals surface area contributed by atoms with E-state index in [4.69, 9.17) is 10.5 Å².